The summed E-state index contributed by atoms with van der Waals surface area (Å²) >= 11 is 1.30. The molecule has 0 bridgehead atoms. The lowest BCUT2D eigenvalue weighted by molar-refractivity contribution is -0.139. The van der Waals surface area contributed by atoms with Gasteiger partial charge in [0.05, 0.1) is 5.75 Å². The van der Waals surface area contributed by atoms with Crippen LogP contribution in [0.3, 0.4) is 0 Å². The van der Waals surface area contributed by atoms with Crippen LogP contribution in [0.25, 0.3) is 0 Å². The van der Waals surface area contributed by atoms with Crippen LogP contribution < -0.4 is 17.0 Å². The summed E-state index contributed by atoms with van der Waals surface area (Å²) in [4.78, 5) is 51.0. The number of nitrogens with one attached hydrogen (secondary N) is 1. The van der Waals surface area contributed by atoms with Gasteiger partial charge in [0.2, 0.25) is 5.78 Å². The van der Waals surface area contributed by atoms with E-state index in [9.17, 15) is 19.2 Å². The number of rotatable bonds is 8. The van der Waals surface area contributed by atoms with Gasteiger partial charge in [-0.15, -0.1) is 11.8 Å². The molecule has 0 amide bonds. The van der Waals surface area contributed by atoms with Gasteiger partial charge in [0.25, 0.3) is 5.56 Å². The van der Waals surface area contributed by atoms with Gasteiger partial charge >= 0.3 is 11.7 Å². The fourth-order valence-corrected chi connectivity index (χ4v) is 3.47. The molecule has 28 heavy (non-hydrogen) atoms. The highest BCUT2D eigenvalue weighted by molar-refractivity contribution is 8.00. The summed E-state index contributed by atoms with van der Waals surface area (Å²) in [6, 6.07) is 5.88. The molecule has 1 heterocycles. The zero-order chi connectivity index (χ0) is 20.8. The van der Waals surface area contributed by atoms with Crippen molar-refractivity contribution in [2.24, 2.45) is 0 Å². The number of ketones is 1. The van der Waals surface area contributed by atoms with Gasteiger partial charge in [-0.2, -0.15) is 0 Å². The average molecular weight is 405 g/mol. The molecule has 0 atom stereocenters. The molecule has 1 aromatic carbocycles. The number of esters is 1. The van der Waals surface area contributed by atoms with Crippen molar-refractivity contribution in [2.45, 2.75) is 38.6 Å². The molecule has 0 unspecified atom stereocenters. The molecule has 8 nitrogen and oxygen atoms in total. The van der Waals surface area contributed by atoms with E-state index in [1.807, 2.05) is 39.0 Å². The van der Waals surface area contributed by atoms with Gasteiger partial charge in [0, 0.05) is 11.4 Å². The number of aromatic nitrogens is 2. The number of nitrogens with two attached hydrogens (primary N) is 1. The third-order valence-corrected chi connectivity index (χ3v) is 5.15. The van der Waals surface area contributed by atoms with E-state index in [-0.39, 0.29) is 23.7 Å². The second-order valence-electron chi connectivity index (χ2n) is 6.31. The molecule has 0 saturated carbocycles. The van der Waals surface area contributed by atoms with Crippen molar-refractivity contribution < 1.29 is 14.3 Å². The topological polar surface area (TPSA) is 124 Å². The van der Waals surface area contributed by atoms with Crippen LogP contribution in [0.4, 0.5) is 5.82 Å². The maximum Gasteiger partial charge on any atom is 0.329 e. The summed E-state index contributed by atoms with van der Waals surface area (Å²) in [6.07, 6.45) is 0.592. The monoisotopic (exact) mass is 405 g/mol. The van der Waals surface area contributed by atoms with E-state index in [2.05, 4.69) is 4.98 Å². The fraction of sp³-hybridized carbons (Fsp3) is 0.368. The number of Topliss-reactive ketones (excluding diaryl/α,β-unsaturated/α-hetero) is 1. The number of carbonyl (C=O) groups excluding carboxylic acids is 2. The van der Waals surface area contributed by atoms with Crippen molar-refractivity contribution in [1.82, 2.24) is 9.55 Å². The first kappa shape index (κ1) is 21.5. The smallest absolute Gasteiger partial charge is 0.329 e. The highest BCUT2D eigenvalue weighted by atomic mass is 32.2. The lowest BCUT2D eigenvalue weighted by atomic mass is 10.2. The molecule has 0 aliphatic heterocycles. The Hall–Kier alpha value is -2.81. The van der Waals surface area contributed by atoms with Crippen LogP contribution in [0.15, 0.2) is 32.7 Å². The summed E-state index contributed by atoms with van der Waals surface area (Å²) in [5.74, 6) is -1.54. The average Bonchev–Trinajstić information content (AvgIpc) is 2.62. The largest absolute Gasteiger partial charge is 0.457 e. The Morgan fingerprint density at radius 1 is 1.25 bits per heavy atom. The molecule has 3 N–H and O–H groups in total. The summed E-state index contributed by atoms with van der Waals surface area (Å²) in [6.45, 7) is 5.40. The van der Waals surface area contributed by atoms with E-state index >= 15 is 0 Å². The fourth-order valence-electron chi connectivity index (χ4n) is 2.66. The first-order valence-electron chi connectivity index (χ1n) is 8.76. The minimum absolute atomic E-state index is 0.0261. The van der Waals surface area contributed by atoms with Gasteiger partial charge in [0.1, 0.15) is 11.4 Å². The number of thioether (sulfide) groups is 1. The normalized spacial score (nSPS) is 10.7. The van der Waals surface area contributed by atoms with Gasteiger partial charge < -0.3 is 10.5 Å². The lowest BCUT2D eigenvalue weighted by Gasteiger charge is -2.11. The molecule has 9 heteroatoms. The Balaban J connectivity index is 2.02. The third-order valence-electron chi connectivity index (χ3n) is 4.01. The Bertz CT molecular complexity index is 1010. The van der Waals surface area contributed by atoms with Gasteiger partial charge in [-0.3, -0.25) is 23.9 Å². The molecule has 1 aromatic heterocycles. The minimum atomic E-state index is -0.888. The van der Waals surface area contributed by atoms with Crippen molar-refractivity contribution in [3.05, 3.63) is 55.7 Å². The van der Waals surface area contributed by atoms with Crippen LogP contribution >= 0.6 is 11.8 Å². The molecular weight excluding hydrogens is 382 g/mol. The number of anilines is 1. The SMILES string of the molecule is CCCn1c(N)c(C(=O)COC(=O)CSc2ccc(C)cc2C)c(=O)[nH]c1=O. The molecule has 150 valence electrons. The Labute approximate surface area is 166 Å². The van der Waals surface area contributed by atoms with E-state index in [1.54, 1.807) is 0 Å². The summed E-state index contributed by atoms with van der Waals surface area (Å²) in [5.41, 5.74) is 6.06. The lowest BCUT2D eigenvalue weighted by Crippen LogP contribution is -2.37. The Morgan fingerprint density at radius 2 is 1.96 bits per heavy atom. The van der Waals surface area contributed by atoms with Crippen molar-refractivity contribution >= 4 is 29.3 Å². The number of hydrogen-bond donors (Lipinski definition) is 2. The third kappa shape index (κ3) is 5.13. The van der Waals surface area contributed by atoms with Crippen molar-refractivity contribution in [1.29, 1.82) is 0 Å². The van der Waals surface area contributed by atoms with E-state index in [4.69, 9.17) is 10.5 Å². The van der Waals surface area contributed by atoms with E-state index < -0.39 is 29.6 Å². The predicted octanol–water partition coefficient (Wildman–Crippen LogP) is 1.66. The number of carbonyl (C=O) groups is 2. The molecule has 0 saturated heterocycles. The number of hydrogen-bond acceptors (Lipinski definition) is 7. The second-order valence-corrected chi connectivity index (χ2v) is 7.33. The van der Waals surface area contributed by atoms with Crippen LogP contribution in [-0.2, 0) is 16.1 Å². The molecular formula is C19H23N3O5S. The number of aromatic amines is 1. The van der Waals surface area contributed by atoms with Crippen LogP contribution in [-0.4, -0.2) is 33.7 Å². The number of nitrogen functional groups attached to an aromatic ring is 1. The zero-order valence-electron chi connectivity index (χ0n) is 16.0. The van der Waals surface area contributed by atoms with Gasteiger partial charge in [-0.1, -0.05) is 24.6 Å². The van der Waals surface area contributed by atoms with E-state index in [1.165, 1.54) is 11.8 Å². The zero-order valence-corrected chi connectivity index (χ0v) is 16.9. The van der Waals surface area contributed by atoms with Gasteiger partial charge in [0.15, 0.2) is 6.61 Å². The maximum atomic E-state index is 12.3. The van der Waals surface area contributed by atoms with E-state index in [0.717, 1.165) is 20.6 Å². The Kier molecular flexibility index (Phi) is 7.22. The predicted molar refractivity (Wildman–Crippen MR) is 108 cm³/mol. The van der Waals surface area contributed by atoms with Crippen LogP contribution in [0.1, 0.15) is 34.8 Å². The number of H-pyrrole nitrogens is 1. The molecule has 2 aromatic rings. The first-order valence-corrected chi connectivity index (χ1v) is 9.74. The van der Waals surface area contributed by atoms with Crippen molar-refractivity contribution in [3.8, 4) is 0 Å². The van der Waals surface area contributed by atoms with Gasteiger partial charge in [-0.05, 0) is 31.9 Å². The minimum Gasteiger partial charge on any atom is -0.457 e. The maximum absolute atomic E-state index is 12.3. The van der Waals surface area contributed by atoms with Gasteiger partial charge in [-0.25, -0.2) is 4.79 Å². The van der Waals surface area contributed by atoms with Crippen LogP contribution in [0, 0.1) is 13.8 Å². The number of aryl methyl sites for hydroxylation is 2. The van der Waals surface area contributed by atoms with Crippen LogP contribution in [0.2, 0.25) is 0 Å². The van der Waals surface area contributed by atoms with Crippen molar-refractivity contribution in [2.75, 3.05) is 18.1 Å². The molecule has 0 radical (unpaired) electrons. The molecule has 2 rings (SSSR count). The standard InChI is InChI=1S/C19H23N3O5S/c1-4-7-22-17(20)16(18(25)21-19(22)26)13(23)9-27-15(24)10-28-14-6-5-11(2)8-12(14)3/h5-6,8H,4,7,9-10,20H2,1-3H3,(H,21,25,26). The summed E-state index contributed by atoms with van der Waals surface area (Å²) < 4.78 is 6.10. The number of nitrogens with zero attached hydrogens (tertiary/aromatic N) is 1. The molecule has 0 aliphatic carbocycles. The molecule has 0 spiro atoms. The quantitative estimate of drug-likeness (QED) is 0.389. The summed E-state index contributed by atoms with van der Waals surface area (Å²) in [5, 5.41) is 0. The van der Waals surface area contributed by atoms with Crippen LogP contribution in [0.5, 0.6) is 0 Å². The highest BCUT2D eigenvalue weighted by Gasteiger charge is 2.20. The number of benzene rings is 1. The first-order chi connectivity index (χ1) is 13.2. The molecule has 0 aliphatic rings. The molecule has 0 fully saturated rings. The summed E-state index contributed by atoms with van der Waals surface area (Å²) in [7, 11) is 0. The second kappa shape index (κ2) is 9.41. The Morgan fingerprint density at radius 3 is 2.61 bits per heavy atom. The number of ether oxygens (including phenoxy) is 1. The van der Waals surface area contributed by atoms with E-state index in [0.29, 0.717) is 6.42 Å². The van der Waals surface area contributed by atoms with Crippen molar-refractivity contribution in [3.63, 3.8) is 0 Å². The highest BCUT2D eigenvalue weighted by Crippen LogP contribution is 2.23.